The number of pyridine rings is 1. The summed E-state index contributed by atoms with van der Waals surface area (Å²) < 4.78 is 5.07. The molecule has 1 aliphatic rings. The van der Waals surface area contributed by atoms with E-state index in [2.05, 4.69) is 56.2 Å². The van der Waals surface area contributed by atoms with Gasteiger partial charge in [-0.25, -0.2) is 19.6 Å². The zero-order valence-electron chi connectivity index (χ0n) is 23.2. The predicted molar refractivity (Wildman–Crippen MR) is 154 cm³/mol. The number of fused-ring (bicyclic) bond motifs is 1. The molecule has 210 valence electrons. The number of anilines is 5. The Labute approximate surface area is 231 Å². The van der Waals surface area contributed by atoms with Gasteiger partial charge >= 0.3 is 11.8 Å². The monoisotopic (exact) mass is 546 g/mol. The fraction of sp³-hybridized carbons (Fsp3) is 0.393. The minimum absolute atomic E-state index is 0.0355. The molecule has 1 aliphatic heterocycles. The van der Waals surface area contributed by atoms with Crippen LogP contribution in [0, 0.1) is 18.3 Å². The lowest BCUT2D eigenvalue weighted by molar-refractivity contribution is 0.105. The van der Waals surface area contributed by atoms with Gasteiger partial charge in [0.15, 0.2) is 5.58 Å². The van der Waals surface area contributed by atoms with E-state index < -0.39 is 11.8 Å². The van der Waals surface area contributed by atoms with Crippen molar-refractivity contribution in [1.29, 1.82) is 0 Å². The molecule has 5 rings (SSSR count). The number of H-pyrrole nitrogens is 1. The third kappa shape index (κ3) is 5.85. The fourth-order valence-electron chi connectivity index (χ4n) is 4.90. The quantitative estimate of drug-likeness (QED) is 0.261. The molecule has 0 saturated carbocycles. The van der Waals surface area contributed by atoms with E-state index in [4.69, 9.17) is 4.42 Å². The molecule has 2 atom stereocenters. The van der Waals surface area contributed by atoms with E-state index in [-0.39, 0.29) is 11.5 Å². The van der Waals surface area contributed by atoms with E-state index in [0.717, 1.165) is 35.7 Å². The summed E-state index contributed by atoms with van der Waals surface area (Å²) >= 11 is 0. The molecule has 40 heavy (non-hydrogen) atoms. The maximum Gasteiger partial charge on any atom is 0.417 e. The van der Waals surface area contributed by atoms with Crippen LogP contribution in [0.1, 0.15) is 32.8 Å². The SMILES string of the molecule is Cc1cnc(Nc2ccc(N3CC(N(C)C(=O)O)CC(C(C)(C)C)C3)nc2)nc1Nc1ccc2oc(=O)[nH]c2c1. The molecular weight excluding hydrogens is 512 g/mol. The van der Waals surface area contributed by atoms with Gasteiger partial charge in [0.1, 0.15) is 11.6 Å². The number of aromatic amines is 1. The van der Waals surface area contributed by atoms with E-state index in [1.165, 1.54) is 4.90 Å². The molecule has 1 fully saturated rings. The highest BCUT2D eigenvalue weighted by molar-refractivity contribution is 5.78. The number of piperidine rings is 1. The Hall–Kier alpha value is -4.61. The largest absolute Gasteiger partial charge is 0.465 e. The Morgan fingerprint density at radius 2 is 1.90 bits per heavy atom. The second kappa shape index (κ2) is 10.5. The Bertz CT molecular complexity index is 1570. The molecule has 1 amide bonds. The molecular formula is C28H34N8O4. The Morgan fingerprint density at radius 1 is 1.12 bits per heavy atom. The van der Waals surface area contributed by atoms with Crippen LogP contribution < -0.4 is 21.3 Å². The van der Waals surface area contributed by atoms with Crippen LogP contribution in [-0.4, -0.2) is 62.2 Å². The topological polar surface area (TPSA) is 153 Å². The van der Waals surface area contributed by atoms with Gasteiger partial charge in [0, 0.05) is 37.6 Å². The molecule has 4 N–H and O–H groups in total. The average Bonchev–Trinajstić information content (AvgIpc) is 3.29. The summed E-state index contributed by atoms with van der Waals surface area (Å²) in [5.74, 6) is 1.62. The number of nitrogens with one attached hydrogen (secondary N) is 3. The Balaban J connectivity index is 1.30. The number of likely N-dealkylation sites (N-methyl/N-ethyl adjacent to an activating group) is 1. The number of carboxylic acid groups (broad SMARTS) is 1. The summed E-state index contributed by atoms with van der Waals surface area (Å²) in [6.45, 7) is 9.88. The molecule has 0 spiro atoms. The first-order valence-corrected chi connectivity index (χ1v) is 13.1. The van der Waals surface area contributed by atoms with Crippen molar-refractivity contribution in [3.05, 3.63) is 58.8 Å². The van der Waals surface area contributed by atoms with Crippen molar-refractivity contribution in [2.75, 3.05) is 35.7 Å². The number of hydrogen-bond acceptors (Lipinski definition) is 9. The number of benzene rings is 1. The molecule has 12 nitrogen and oxygen atoms in total. The molecule has 4 heterocycles. The highest BCUT2D eigenvalue weighted by Crippen LogP contribution is 2.36. The number of hydrogen-bond donors (Lipinski definition) is 4. The first-order valence-electron chi connectivity index (χ1n) is 13.1. The zero-order valence-corrected chi connectivity index (χ0v) is 23.2. The maximum atomic E-state index is 11.7. The van der Waals surface area contributed by atoms with Crippen molar-refractivity contribution in [3.63, 3.8) is 0 Å². The lowest BCUT2D eigenvalue weighted by Crippen LogP contribution is -2.53. The van der Waals surface area contributed by atoms with Crippen LogP contribution in [0.25, 0.3) is 11.1 Å². The van der Waals surface area contributed by atoms with Crippen LogP contribution in [0.15, 0.2) is 51.9 Å². The third-order valence-electron chi connectivity index (χ3n) is 7.48. The number of amides is 1. The summed E-state index contributed by atoms with van der Waals surface area (Å²) in [5.41, 5.74) is 3.42. The van der Waals surface area contributed by atoms with Crippen LogP contribution in [0.4, 0.5) is 33.8 Å². The Kier molecular flexibility index (Phi) is 7.09. The van der Waals surface area contributed by atoms with Gasteiger partial charge in [-0.15, -0.1) is 0 Å². The van der Waals surface area contributed by atoms with Gasteiger partial charge in [0.2, 0.25) is 5.95 Å². The molecule has 1 saturated heterocycles. The number of oxazole rings is 1. The minimum Gasteiger partial charge on any atom is -0.465 e. The number of carbonyl (C=O) groups is 1. The van der Waals surface area contributed by atoms with Crippen molar-refractivity contribution < 1.29 is 14.3 Å². The molecule has 0 aliphatic carbocycles. The van der Waals surface area contributed by atoms with Gasteiger partial charge in [0.25, 0.3) is 0 Å². The normalized spacial score (nSPS) is 17.6. The second-order valence-corrected chi connectivity index (χ2v) is 11.4. The summed E-state index contributed by atoms with van der Waals surface area (Å²) in [4.78, 5) is 43.0. The minimum atomic E-state index is -0.920. The lowest BCUT2D eigenvalue weighted by Gasteiger charge is -2.45. The van der Waals surface area contributed by atoms with Crippen LogP contribution in [0.3, 0.4) is 0 Å². The Morgan fingerprint density at radius 3 is 2.60 bits per heavy atom. The third-order valence-corrected chi connectivity index (χ3v) is 7.48. The molecule has 4 aromatic rings. The molecule has 12 heteroatoms. The number of nitrogens with zero attached hydrogens (tertiary/aromatic N) is 5. The highest BCUT2D eigenvalue weighted by Gasteiger charge is 2.37. The van der Waals surface area contributed by atoms with Crippen molar-refractivity contribution in [1.82, 2.24) is 24.8 Å². The smallest absolute Gasteiger partial charge is 0.417 e. The number of rotatable bonds is 6. The van der Waals surface area contributed by atoms with E-state index in [1.54, 1.807) is 37.6 Å². The van der Waals surface area contributed by atoms with Crippen LogP contribution in [0.2, 0.25) is 0 Å². The lowest BCUT2D eigenvalue weighted by atomic mass is 9.75. The highest BCUT2D eigenvalue weighted by atomic mass is 16.4. The standard InChI is InChI=1S/C28H34N8O4/c1-16-12-30-25(34-24(16)31-18-6-8-22-21(11-18)33-26(37)40-22)32-19-7-9-23(29-13-19)36-14-17(28(2,3)4)10-20(15-36)35(5)27(38)39/h6-9,11-13,17,20H,10,14-15H2,1-5H3,(H,33,37)(H,38,39)(H2,30,31,32,34). The summed E-state index contributed by atoms with van der Waals surface area (Å²) in [6, 6.07) is 9.03. The van der Waals surface area contributed by atoms with Gasteiger partial charge in [-0.05, 0) is 55.0 Å². The van der Waals surface area contributed by atoms with E-state index >= 15 is 0 Å². The van der Waals surface area contributed by atoms with Gasteiger partial charge in [-0.1, -0.05) is 20.8 Å². The maximum absolute atomic E-state index is 11.7. The van der Waals surface area contributed by atoms with Gasteiger partial charge in [-0.3, -0.25) is 4.98 Å². The van der Waals surface area contributed by atoms with Gasteiger partial charge in [0.05, 0.1) is 23.4 Å². The molecule has 3 aromatic heterocycles. The van der Waals surface area contributed by atoms with Crippen LogP contribution in [-0.2, 0) is 0 Å². The van der Waals surface area contributed by atoms with Crippen molar-refractivity contribution in [3.8, 4) is 0 Å². The molecule has 0 bridgehead atoms. The predicted octanol–water partition coefficient (Wildman–Crippen LogP) is 4.95. The van der Waals surface area contributed by atoms with Crippen LogP contribution >= 0.6 is 0 Å². The van der Waals surface area contributed by atoms with E-state index in [0.29, 0.717) is 35.3 Å². The van der Waals surface area contributed by atoms with Crippen molar-refractivity contribution in [2.45, 2.75) is 40.2 Å². The van der Waals surface area contributed by atoms with Gasteiger partial charge in [-0.2, -0.15) is 4.98 Å². The molecule has 0 radical (unpaired) electrons. The van der Waals surface area contributed by atoms with Gasteiger partial charge < -0.3 is 30.0 Å². The van der Waals surface area contributed by atoms with E-state index in [9.17, 15) is 14.7 Å². The summed E-state index contributed by atoms with van der Waals surface area (Å²) in [7, 11) is 1.64. The fourth-order valence-corrected chi connectivity index (χ4v) is 4.90. The van der Waals surface area contributed by atoms with Crippen molar-refractivity contribution in [2.24, 2.45) is 11.3 Å². The number of aryl methyl sites for hydroxylation is 1. The van der Waals surface area contributed by atoms with Crippen LogP contribution in [0.5, 0.6) is 0 Å². The molecule has 1 aromatic carbocycles. The van der Waals surface area contributed by atoms with E-state index in [1.807, 2.05) is 19.1 Å². The first kappa shape index (κ1) is 27.0. The second-order valence-electron chi connectivity index (χ2n) is 11.4. The number of aromatic nitrogens is 4. The first-order chi connectivity index (χ1) is 19.0. The summed E-state index contributed by atoms with van der Waals surface area (Å²) in [5, 5.41) is 16.0. The molecule has 2 unspecified atom stereocenters. The van der Waals surface area contributed by atoms with Crippen molar-refractivity contribution >= 4 is 46.2 Å². The zero-order chi connectivity index (χ0) is 28.6. The average molecular weight is 547 g/mol. The summed E-state index contributed by atoms with van der Waals surface area (Å²) in [6.07, 6.45) is 3.34.